The number of fused-ring (bicyclic) bond motifs is 8. The van der Waals surface area contributed by atoms with Gasteiger partial charge in [0.25, 0.3) is 0 Å². The molecule has 11 rings (SSSR count). The van der Waals surface area contributed by atoms with Gasteiger partial charge in [0.05, 0.1) is 17.6 Å². The maximum Gasteiger partial charge on any atom is 0.187 e. The lowest BCUT2D eigenvalue weighted by Gasteiger charge is -2.40. The lowest BCUT2D eigenvalue weighted by molar-refractivity contribution is 0.669. The van der Waals surface area contributed by atoms with E-state index in [0.29, 0.717) is 5.69 Å². The molecule has 1 unspecified atom stereocenters. The van der Waals surface area contributed by atoms with Gasteiger partial charge in [-0.3, -0.25) is 0 Å². The van der Waals surface area contributed by atoms with Gasteiger partial charge in [-0.15, -0.1) is 0 Å². The summed E-state index contributed by atoms with van der Waals surface area (Å²) >= 11 is 1.86. The molecule has 1 aliphatic rings. The van der Waals surface area contributed by atoms with E-state index in [1.165, 1.54) is 52.3 Å². The van der Waals surface area contributed by atoms with Crippen LogP contribution in [0.5, 0.6) is 0 Å². The maximum absolute atomic E-state index is 7.44. The molecule has 0 N–H and O–H groups in total. The molecule has 10 aromatic rings. The lowest BCUT2D eigenvalue weighted by atomic mass is 10.1. The molecule has 0 fully saturated rings. The summed E-state index contributed by atoms with van der Waals surface area (Å²) in [6, 6.07) is 66.1. The topological polar surface area (TPSA) is 22.4 Å². The average Bonchev–Trinajstić information content (AvgIpc) is 3.78. The summed E-state index contributed by atoms with van der Waals surface area (Å²) < 4.78 is 8.98. The molecule has 54 heavy (non-hydrogen) atoms. The Labute approximate surface area is 317 Å². The number of para-hydroxylation sites is 3. The summed E-state index contributed by atoms with van der Waals surface area (Å²) in [4.78, 5) is 6.17. The number of aromatic nitrogens is 1. The van der Waals surface area contributed by atoms with E-state index in [1.54, 1.807) is 0 Å². The van der Waals surface area contributed by atoms with Gasteiger partial charge >= 0.3 is 0 Å². The van der Waals surface area contributed by atoms with Crippen LogP contribution < -0.4 is 20.7 Å². The highest BCUT2D eigenvalue weighted by Crippen LogP contribution is 2.37. The molecule has 8 aromatic carbocycles. The zero-order valence-corrected chi connectivity index (χ0v) is 30.8. The monoisotopic (exact) mass is 722 g/mol. The first-order valence-electron chi connectivity index (χ1n) is 18.1. The highest BCUT2D eigenvalue weighted by molar-refractivity contribution is 8.00. The van der Waals surface area contributed by atoms with Crippen molar-refractivity contribution >= 4 is 90.0 Å². The average molecular weight is 723 g/mol. The van der Waals surface area contributed by atoms with Gasteiger partial charge < -0.3 is 8.98 Å². The Balaban J connectivity index is 1.18. The van der Waals surface area contributed by atoms with Crippen LogP contribution >= 0.6 is 11.8 Å². The normalized spacial score (nSPS) is 15.0. The SMILES string of the molecule is [C-]#[N+]c1ccc(-c2ccc3c(c2)Sc2ccccc2[Si]3(c2ccc(-n3c4ccccc4c4ccccc43)cc2)c2ccc3c(c2)oc2ccccc23)cc1. The lowest BCUT2D eigenvalue weighted by Crippen LogP contribution is -2.76. The Morgan fingerprint density at radius 2 is 1.09 bits per heavy atom. The van der Waals surface area contributed by atoms with Crippen LogP contribution in [0.25, 0.3) is 65.4 Å². The highest BCUT2D eigenvalue weighted by Gasteiger charge is 2.47. The molecule has 0 saturated carbocycles. The Kier molecular flexibility index (Phi) is 6.87. The second kappa shape index (κ2) is 12.0. The van der Waals surface area contributed by atoms with Crippen molar-refractivity contribution in [3.8, 4) is 16.8 Å². The molecule has 0 radical (unpaired) electrons. The number of hydrogen-bond donors (Lipinski definition) is 0. The standard InChI is InChI=1S/C49H30N2OSSi/c1-50-34-21-18-32(19-22-34)33-20-29-49-47(30-33)53-46-16-8-9-17-48(46)54(49,37-27-28-41-40-12-4-7-15-44(40)52-45(41)31-37)36-25-23-35(24-26-36)51-42-13-5-2-10-38(42)39-11-3-6-14-43(39)51/h2-31H. The molecule has 3 heterocycles. The zero-order chi connectivity index (χ0) is 35.8. The molecule has 2 aromatic heterocycles. The molecule has 0 saturated heterocycles. The van der Waals surface area contributed by atoms with Crippen LogP contribution in [0.1, 0.15) is 0 Å². The maximum atomic E-state index is 7.44. The first-order chi connectivity index (χ1) is 26.7. The van der Waals surface area contributed by atoms with Crippen LogP contribution in [0.15, 0.2) is 196 Å². The van der Waals surface area contributed by atoms with Crippen LogP contribution in [0, 0.1) is 6.57 Å². The highest BCUT2D eigenvalue weighted by atomic mass is 32.2. The van der Waals surface area contributed by atoms with Crippen molar-refractivity contribution in [2.45, 2.75) is 9.79 Å². The third kappa shape index (κ3) is 4.48. The van der Waals surface area contributed by atoms with Crippen LogP contribution in [0.3, 0.4) is 0 Å². The van der Waals surface area contributed by atoms with Crippen molar-refractivity contribution in [1.82, 2.24) is 4.57 Å². The number of furan rings is 1. The molecule has 1 atom stereocenters. The number of benzene rings is 8. The van der Waals surface area contributed by atoms with Gasteiger partial charge in [-0.2, -0.15) is 0 Å². The largest absolute Gasteiger partial charge is 0.456 e. The predicted octanol–water partition coefficient (Wildman–Crippen LogP) is 10.7. The molecule has 3 nitrogen and oxygen atoms in total. The number of nitrogens with zero attached hydrogens (tertiary/aromatic N) is 2. The predicted molar refractivity (Wildman–Crippen MR) is 227 cm³/mol. The van der Waals surface area contributed by atoms with E-state index in [9.17, 15) is 0 Å². The third-order valence-electron chi connectivity index (χ3n) is 11.2. The van der Waals surface area contributed by atoms with Gasteiger partial charge in [0.2, 0.25) is 0 Å². The minimum Gasteiger partial charge on any atom is -0.456 e. The van der Waals surface area contributed by atoms with Crippen molar-refractivity contribution in [3.05, 3.63) is 193 Å². The molecule has 252 valence electrons. The van der Waals surface area contributed by atoms with E-state index in [4.69, 9.17) is 11.0 Å². The Morgan fingerprint density at radius 1 is 0.481 bits per heavy atom. The molecule has 1 aliphatic heterocycles. The fourth-order valence-electron chi connectivity index (χ4n) is 8.76. The van der Waals surface area contributed by atoms with E-state index in [0.717, 1.165) is 38.8 Å². The summed E-state index contributed by atoms with van der Waals surface area (Å²) in [7, 11) is -2.93. The molecule has 0 aliphatic carbocycles. The first kappa shape index (κ1) is 31.0. The number of hydrogen-bond acceptors (Lipinski definition) is 2. The van der Waals surface area contributed by atoms with E-state index < -0.39 is 8.07 Å². The Bertz CT molecular complexity index is 3100. The summed E-state index contributed by atoms with van der Waals surface area (Å²) in [5, 5.41) is 10.2. The number of rotatable bonds is 4. The first-order valence-corrected chi connectivity index (χ1v) is 20.9. The summed E-state index contributed by atoms with van der Waals surface area (Å²) in [5.41, 5.74) is 8.28. The Hall–Kier alpha value is -6.58. The Morgan fingerprint density at radius 3 is 1.85 bits per heavy atom. The van der Waals surface area contributed by atoms with E-state index in [-0.39, 0.29) is 0 Å². The summed E-state index contributed by atoms with van der Waals surface area (Å²) in [5.74, 6) is 0. The molecule has 0 spiro atoms. The zero-order valence-electron chi connectivity index (χ0n) is 29.0. The van der Waals surface area contributed by atoms with Gasteiger partial charge in [-0.1, -0.05) is 145 Å². The van der Waals surface area contributed by atoms with Crippen LogP contribution in [0.4, 0.5) is 5.69 Å². The minimum absolute atomic E-state index is 0.650. The molecular weight excluding hydrogens is 693 g/mol. The minimum atomic E-state index is -2.93. The van der Waals surface area contributed by atoms with Crippen molar-refractivity contribution in [3.63, 3.8) is 0 Å². The van der Waals surface area contributed by atoms with Crippen LogP contribution in [-0.2, 0) is 0 Å². The molecular formula is C49H30N2OSSi. The van der Waals surface area contributed by atoms with Crippen molar-refractivity contribution in [2.24, 2.45) is 0 Å². The van der Waals surface area contributed by atoms with Gasteiger partial charge in [0.15, 0.2) is 13.8 Å². The van der Waals surface area contributed by atoms with Crippen LogP contribution in [0.2, 0.25) is 0 Å². The van der Waals surface area contributed by atoms with Crippen molar-refractivity contribution in [2.75, 3.05) is 0 Å². The van der Waals surface area contributed by atoms with E-state index in [1.807, 2.05) is 30.0 Å². The van der Waals surface area contributed by atoms with Gasteiger partial charge in [0.1, 0.15) is 11.2 Å². The fraction of sp³-hybridized carbons (Fsp3) is 0. The van der Waals surface area contributed by atoms with Crippen molar-refractivity contribution < 1.29 is 4.42 Å². The second-order valence-corrected chi connectivity index (χ2v) is 18.8. The van der Waals surface area contributed by atoms with Gasteiger partial charge in [-0.05, 0) is 80.4 Å². The molecule has 5 heteroatoms. The van der Waals surface area contributed by atoms with E-state index in [2.05, 4.69) is 173 Å². The quantitative estimate of drug-likeness (QED) is 0.133. The summed E-state index contributed by atoms with van der Waals surface area (Å²) in [6.45, 7) is 7.44. The third-order valence-corrected chi connectivity index (χ3v) is 17.5. The smallest absolute Gasteiger partial charge is 0.187 e. The molecule has 0 amide bonds. The van der Waals surface area contributed by atoms with Crippen LogP contribution in [-0.4, -0.2) is 12.6 Å². The van der Waals surface area contributed by atoms with E-state index >= 15 is 0 Å². The second-order valence-electron chi connectivity index (χ2n) is 13.9. The summed E-state index contributed by atoms with van der Waals surface area (Å²) in [6.07, 6.45) is 0. The van der Waals surface area contributed by atoms with Crippen molar-refractivity contribution in [1.29, 1.82) is 0 Å². The van der Waals surface area contributed by atoms with Gasteiger partial charge in [0, 0.05) is 37.0 Å². The molecule has 0 bridgehead atoms. The van der Waals surface area contributed by atoms with Gasteiger partial charge in [-0.25, -0.2) is 4.85 Å². The fourth-order valence-corrected chi connectivity index (χ4v) is 15.7.